The molecule has 3 atom stereocenters. The summed E-state index contributed by atoms with van der Waals surface area (Å²) in [5, 5.41) is 11.1. The van der Waals surface area contributed by atoms with E-state index in [2.05, 4.69) is 5.32 Å². The summed E-state index contributed by atoms with van der Waals surface area (Å²) >= 11 is 7.13. The van der Waals surface area contributed by atoms with Crippen LogP contribution in [0.2, 0.25) is 0 Å². The predicted molar refractivity (Wildman–Crippen MR) is 115 cm³/mol. The Balaban J connectivity index is 1.70. The highest BCUT2D eigenvalue weighted by Gasteiger charge is 2.66. The van der Waals surface area contributed by atoms with Crippen LogP contribution in [0, 0.1) is 42.9 Å². The molecule has 0 aromatic heterocycles. The molecule has 3 nitrogen and oxygen atoms in total. The maximum absolute atomic E-state index is 14.3. The number of carbonyl (C=O) groups excluding carboxylic acids is 1. The Morgan fingerprint density at radius 1 is 1.26 bits per heavy atom. The monoisotopic (exact) mass is 468 g/mol. The fourth-order valence-electron chi connectivity index (χ4n) is 5.29. The van der Waals surface area contributed by atoms with Crippen LogP contribution in [-0.2, 0) is 4.79 Å². The molecule has 0 radical (unpaired) electrons. The number of alkyl halides is 4. The lowest BCUT2D eigenvalue weighted by atomic mass is 9.64. The van der Waals surface area contributed by atoms with Crippen molar-refractivity contribution in [2.75, 3.05) is 0 Å². The third-order valence-electron chi connectivity index (χ3n) is 7.05. The van der Waals surface area contributed by atoms with Gasteiger partial charge in [0.05, 0.1) is 21.9 Å². The minimum atomic E-state index is -4.87. The van der Waals surface area contributed by atoms with Crippen molar-refractivity contribution in [2.24, 2.45) is 17.8 Å². The largest absolute Gasteiger partial charge is 0.413 e. The molecule has 3 saturated carbocycles. The molecule has 2 bridgehead atoms. The van der Waals surface area contributed by atoms with E-state index in [1.54, 1.807) is 32.0 Å². The van der Waals surface area contributed by atoms with Gasteiger partial charge in [-0.3, -0.25) is 4.79 Å². The highest BCUT2D eigenvalue weighted by atomic mass is 35.5. The summed E-state index contributed by atoms with van der Waals surface area (Å²) in [5.74, 6) is 0.274. The molecule has 1 heterocycles. The molecule has 8 heteroatoms. The maximum Gasteiger partial charge on any atom is 0.413 e. The van der Waals surface area contributed by atoms with Crippen molar-refractivity contribution < 1.29 is 18.0 Å². The Morgan fingerprint density at radius 2 is 1.94 bits per heavy atom. The second-order valence-electron chi connectivity index (χ2n) is 9.00. The Bertz CT molecular complexity index is 978. The standard InChI is InChI=1S/C23H24ClF3N2OS/c1-12-3-4-13(2)16(9-12)19-22(24,23(25,26)27)18(11-28)21(31-19)29-20(30)17-10-14-5-7-15(17)8-6-14/h3-4,9,14-15,17,19H,5-8,10H2,1-2H3,(H,29,30). The van der Waals surface area contributed by atoms with Gasteiger partial charge in [0.2, 0.25) is 5.91 Å². The topological polar surface area (TPSA) is 52.9 Å². The Morgan fingerprint density at radius 3 is 2.48 bits per heavy atom. The minimum absolute atomic E-state index is 0.0628. The normalized spacial score (nSPS) is 32.8. The summed E-state index contributed by atoms with van der Waals surface area (Å²) in [5.41, 5.74) is 1.27. The lowest BCUT2D eigenvalue weighted by Gasteiger charge is -2.41. The van der Waals surface area contributed by atoms with Gasteiger partial charge >= 0.3 is 6.18 Å². The van der Waals surface area contributed by atoms with Gasteiger partial charge in [0.15, 0.2) is 4.87 Å². The number of amides is 1. The van der Waals surface area contributed by atoms with Gasteiger partial charge in [-0.1, -0.05) is 48.4 Å². The molecule has 3 fully saturated rings. The second-order valence-corrected chi connectivity index (χ2v) is 10.7. The quantitative estimate of drug-likeness (QED) is 0.529. The Hall–Kier alpha value is -1.65. The molecule has 0 spiro atoms. The lowest BCUT2D eigenvalue weighted by Crippen LogP contribution is -2.44. The molecule has 1 amide bonds. The zero-order chi connectivity index (χ0) is 22.6. The summed E-state index contributed by atoms with van der Waals surface area (Å²) in [7, 11) is 0. The van der Waals surface area contributed by atoms with E-state index in [1.807, 2.05) is 6.07 Å². The molecule has 1 N–H and O–H groups in total. The first-order valence-corrected chi connectivity index (χ1v) is 11.8. The van der Waals surface area contributed by atoms with Gasteiger partial charge in [0.25, 0.3) is 0 Å². The number of nitrogens with zero attached hydrogens (tertiary/aromatic N) is 1. The van der Waals surface area contributed by atoms with Crippen molar-refractivity contribution in [3.63, 3.8) is 0 Å². The van der Waals surface area contributed by atoms with E-state index in [0.717, 1.165) is 49.4 Å². The van der Waals surface area contributed by atoms with E-state index in [9.17, 15) is 23.2 Å². The number of nitriles is 1. The molecule has 1 aromatic rings. The van der Waals surface area contributed by atoms with Gasteiger partial charge in [0.1, 0.15) is 0 Å². The molecule has 5 rings (SSSR count). The van der Waals surface area contributed by atoms with Crippen molar-refractivity contribution >= 4 is 29.3 Å². The van der Waals surface area contributed by atoms with Crippen LogP contribution in [0.1, 0.15) is 54.0 Å². The maximum atomic E-state index is 14.3. The summed E-state index contributed by atoms with van der Waals surface area (Å²) in [6, 6.07) is 6.93. The molecule has 4 aliphatic rings. The minimum Gasteiger partial charge on any atom is -0.320 e. The van der Waals surface area contributed by atoms with E-state index in [4.69, 9.17) is 11.6 Å². The molecular weight excluding hydrogens is 445 g/mol. The fraction of sp³-hybridized carbons (Fsp3) is 0.565. The molecule has 1 aromatic carbocycles. The first kappa shape index (κ1) is 22.5. The zero-order valence-electron chi connectivity index (χ0n) is 17.4. The number of carbonyl (C=O) groups is 1. The van der Waals surface area contributed by atoms with E-state index in [-0.39, 0.29) is 22.8 Å². The van der Waals surface area contributed by atoms with Crippen molar-refractivity contribution in [2.45, 2.75) is 62.3 Å². The van der Waals surface area contributed by atoms with Crippen LogP contribution in [0.5, 0.6) is 0 Å². The zero-order valence-corrected chi connectivity index (χ0v) is 18.9. The van der Waals surface area contributed by atoms with Crippen LogP contribution >= 0.6 is 23.4 Å². The van der Waals surface area contributed by atoms with E-state index in [1.165, 1.54) is 0 Å². The Kier molecular flexibility index (Phi) is 5.85. The number of fused-ring (bicyclic) bond motifs is 3. The average Bonchev–Trinajstić information content (AvgIpc) is 3.02. The summed E-state index contributed by atoms with van der Waals surface area (Å²) < 4.78 is 42.9. The number of aryl methyl sites for hydroxylation is 2. The number of benzene rings is 1. The van der Waals surface area contributed by atoms with Crippen molar-refractivity contribution in [1.82, 2.24) is 5.32 Å². The predicted octanol–water partition coefficient (Wildman–Crippen LogP) is 6.31. The molecule has 31 heavy (non-hydrogen) atoms. The van der Waals surface area contributed by atoms with E-state index >= 15 is 0 Å². The van der Waals surface area contributed by atoms with Gasteiger partial charge in [0, 0.05) is 5.92 Å². The van der Waals surface area contributed by atoms with Gasteiger partial charge < -0.3 is 5.32 Å². The summed E-state index contributed by atoms with van der Waals surface area (Å²) in [4.78, 5) is 10.1. The molecular formula is C23H24ClF3N2OS. The lowest BCUT2D eigenvalue weighted by molar-refractivity contribution is -0.151. The second kappa shape index (κ2) is 8.04. The molecule has 0 saturated heterocycles. The third-order valence-corrected chi connectivity index (χ3v) is 9.19. The first-order chi connectivity index (χ1) is 14.6. The number of thioether (sulfide) groups is 1. The molecule has 3 aliphatic carbocycles. The van der Waals surface area contributed by atoms with Crippen LogP contribution in [0.15, 0.2) is 28.8 Å². The van der Waals surface area contributed by atoms with Gasteiger partial charge in [-0.2, -0.15) is 18.4 Å². The third kappa shape index (κ3) is 3.76. The van der Waals surface area contributed by atoms with Crippen LogP contribution in [0.3, 0.4) is 0 Å². The van der Waals surface area contributed by atoms with Crippen LogP contribution in [-0.4, -0.2) is 17.0 Å². The number of hydrogen-bond donors (Lipinski definition) is 1. The molecule has 1 aliphatic heterocycles. The SMILES string of the molecule is Cc1ccc(C)c(C2SC(NC(=O)C3CC4CCC3CC4)=C(C#N)C2(Cl)C(F)(F)F)c1. The van der Waals surface area contributed by atoms with Gasteiger partial charge in [-0.05, 0) is 56.1 Å². The number of rotatable bonds is 3. The van der Waals surface area contributed by atoms with Crippen LogP contribution in [0.4, 0.5) is 13.2 Å². The van der Waals surface area contributed by atoms with Crippen LogP contribution in [0.25, 0.3) is 0 Å². The highest BCUT2D eigenvalue weighted by Crippen LogP contribution is 2.63. The fourth-order valence-corrected chi connectivity index (χ4v) is 7.25. The summed E-state index contributed by atoms with van der Waals surface area (Å²) in [6.07, 6.45) is 0.0814. The van der Waals surface area contributed by atoms with Crippen molar-refractivity contribution in [3.8, 4) is 6.07 Å². The average molecular weight is 469 g/mol. The number of halogens is 4. The molecule has 3 unspecified atom stereocenters. The Labute approximate surface area is 189 Å². The van der Waals surface area contributed by atoms with Gasteiger partial charge in [-0.25, -0.2) is 0 Å². The number of allylic oxidation sites excluding steroid dienone is 1. The van der Waals surface area contributed by atoms with E-state index < -0.39 is 21.9 Å². The number of nitrogens with one attached hydrogen (secondary N) is 1. The van der Waals surface area contributed by atoms with Gasteiger partial charge in [-0.15, -0.1) is 11.6 Å². The van der Waals surface area contributed by atoms with Crippen molar-refractivity contribution in [1.29, 1.82) is 5.26 Å². The van der Waals surface area contributed by atoms with Crippen molar-refractivity contribution in [3.05, 3.63) is 45.5 Å². The number of hydrogen-bond acceptors (Lipinski definition) is 3. The van der Waals surface area contributed by atoms with E-state index in [0.29, 0.717) is 17.0 Å². The molecule has 166 valence electrons. The first-order valence-electron chi connectivity index (χ1n) is 10.5. The van der Waals surface area contributed by atoms with Crippen LogP contribution < -0.4 is 5.32 Å². The smallest absolute Gasteiger partial charge is 0.320 e. The highest BCUT2D eigenvalue weighted by molar-refractivity contribution is 8.03. The summed E-state index contributed by atoms with van der Waals surface area (Å²) in [6.45, 7) is 3.52.